The van der Waals surface area contributed by atoms with Gasteiger partial charge < -0.3 is 0 Å². The molecule has 2 aromatic heterocycles. The minimum atomic E-state index is -4.52. The Balaban J connectivity index is 2.04. The van der Waals surface area contributed by atoms with Crippen molar-refractivity contribution in [3.8, 4) is 17.2 Å². The number of pyridine rings is 1. The van der Waals surface area contributed by atoms with Gasteiger partial charge in [-0.15, -0.1) is 0 Å². The van der Waals surface area contributed by atoms with Gasteiger partial charge in [-0.05, 0) is 35.8 Å². The van der Waals surface area contributed by atoms with Gasteiger partial charge in [-0.1, -0.05) is 36.4 Å². The van der Waals surface area contributed by atoms with E-state index in [1.165, 1.54) is 22.8 Å². The SMILES string of the molecule is FC(F)(F)c1ccccc1-n1c(-c2nccc3ccccc23)n[nH]c1=S. The molecular weight excluding hydrogens is 361 g/mol. The van der Waals surface area contributed by atoms with Crippen molar-refractivity contribution < 1.29 is 13.2 Å². The average molecular weight is 372 g/mol. The molecule has 0 spiro atoms. The number of aromatic amines is 1. The van der Waals surface area contributed by atoms with Gasteiger partial charge in [-0.2, -0.15) is 18.3 Å². The number of alkyl halides is 3. The average Bonchev–Trinajstić information content (AvgIpc) is 3.01. The molecule has 0 saturated heterocycles. The number of para-hydroxylation sites is 1. The summed E-state index contributed by atoms with van der Waals surface area (Å²) >= 11 is 5.21. The van der Waals surface area contributed by atoms with Gasteiger partial charge in [-0.25, -0.2) is 0 Å². The molecule has 0 bridgehead atoms. The number of rotatable bonds is 2. The van der Waals surface area contributed by atoms with Crippen LogP contribution in [0.3, 0.4) is 0 Å². The minimum absolute atomic E-state index is 0.0615. The fraction of sp³-hybridized carbons (Fsp3) is 0.0556. The quantitative estimate of drug-likeness (QED) is 0.494. The molecule has 26 heavy (non-hydrogen) atoms. The Bertz CT molecular complexity index is 1160. The summed E-state index contributed by atoms with van der Waals surface area (Å²) in [6.45, 7) is 0. The van der Waals surface area contributed by atoms with Crippen LogP contribution in [-0.4, -0.2) is 19.7 Å². The second-order valence-corrected chi connectivity index (χ2v) is 5.97. The number of nitrogens with one attached hydrogen (secondary N) is 1. The van der Waals surface area contributed by atoms with E-state index in [0.717, 1.165) is 16.8 Å². The lowest BCUT2D eigenvalue weighted by atomic mass is 10.1. The Hall–Kier alpha value is -3.00. The topological polar surface area (TPSA) is 46.5 Å². The lowest BCUT2D eigenvalue weighted by Gasteiger charge is -2.15. The molecule has 2 heterocycles. The molecule has 2 aromatic carbocycles. The number of halogens is 3. The first kappa shape index (κ1) is 16.5. The van der Waals surface area contributed by atoms with E-state index in [2.05, 4.69) is 15.2 Å². The maximum atomic E-state index is 13.5. The first-order chi connectivity index (χ1) is 12.5. The fourth-order valence-corrected chi connectivity index (χ4v) is 3.12. The predicted molar refractivity (Wildman–Crippen MR) is 94.5 cm³/mol. The number of benzene rings is 2. The monoisotopic (exact) mass is 372 g/mol. The van der Waals surface area contributed by atoms with E-state index >= 15 is 0 Å². The Morgan fingerprint density at radius 3 is 2.50 bits per heavy atom. The number of hydrogen-bond donors (Lipinski definition) is 1. The summed E-state index contributed by atoms with van der Waals surface area (Å²) in [5.74, 6) is 0.225. The van der Waals surface area contributed by atoms with Gasteiger partial charge in [0, 0.05) is 11.6 Å². The summed E-state index contributed by atoms with van der Waals surface area (Å²) in [5, 5.41) is 8.42. The van der Waals surface area contributed by atoms with E-state index in [-0.39, 0.29) is 16.3 Å². The van der Waals surface area contributed by atoms with Crippen LogP contribution in [0, 0.1) is 4.77 Å². The Kier molecular flexibility index (Phi) is 3.84. The molecule has 0 aliphatic rings. The Morgan fingerprint density at radius 1 is 0.962 bits per heavy atom. The molecule has 8 heteroatoms. The molecule has 0 amide bonds. The van der Waals surface area contributed by atoms with Gasteiger partial charge >= 0.3 is 6.18 Å². The molecule has 4 aromatic rings. The molecule has 1 N–H and O–H groups in total. The van der Waals surface area contributed by atoms with Crippen molar-refractivity contribution in [2.24, 2.45) is 0 Å². The van der Waals surface area contributed by atoms with Crippen LogP contribution in [0.25, 0.3) is 28.0 Å². The van der Waals surface area contributed by atoms with Crippen molar-refractivity contribution in [3.05, 3.63) is 71.1 Å². The van der Waals surface area contributed by atoms with Crippen molar-refractivity contribution in [2.75, 3.05) is 0 Å². The number of H-pyrrole nitrogens is 1. The molecule has 0 aliphatic heterocycles. The van der Waals surface area contributed by atoms with Crippen LogP contribution in [0.5, 0.6) is 0 Å². The zero-order valence-electron chi connectivity index (χ0n) is 13.2. The molecular formula is C18H11F3N4S. The van der Waals surface area contributed by atoms with E-state index in [1.807, 2.05) is 30.3 Å². The first-order valence-electron chi connectivity index (χ1n) is 7.65. The highest BCUT2D eigenvalue weighted by atomic mass is 32.1. The first-order valence-corrected chi connectivity index (χ1v) is 8.06. The summed E-state index contributed by atoms with van der Waals surface area (Å²) in [6.07, 6.45) is -2.93. The fourth-order valence-electron chi connectivity index (χ4n) is 2.89. The van der Waals surface area contributed by atoms with Crippen molar-refractivity contribution in [2.45, 2.75) is 6.18 Å². The van der Waals surface area contributed by atoms with Crippen LogP contribution < -0.4 is 0 Å². The van der Waals surface area contributed by atoms with Crippen molar-refractivity contribution in [3.63, 3.8) is 0 Å². The molecule has 4 nitrogen and oxygen atoms in total. The second-order valence-electron chi connectivity index (χ2n) is 5.58. The number of aromatic nitrogens is 4. The lowest BCUT2D eigenvalue weighted by Crippen LogP contribution is -2.11. The van der Waals surface area contributed by atoms with Crippen LogP contribution in [0.2, 0.25) is 0 Å². The summed E-state index contributed by atoms with van der Waals surface area (Å²) in [5.41, 5.74) is -0.435. The van der Waals surface area contributed by atoms with E-state index in [1.54, 1.807) is 6.20 Å². The molecule has 0 fully saturated rings. The highest BCUT2D eigenvalue weighted by molar-refractivity contribution is 7.71. The van der Waals surface area contributed by atoms with E-state index in [9.17, 15) is 13.2 Å². The van der Waals surface area contributed by atoms with Crippen molar-refractivity contribution in [1.29, 1.82) is 0 Å². The van der Waals surface area contributed by atoms with Crippen LogP contribution >= 0.6 is 12.2 Å². The molecule has 0 aliphatic carbocycles. The zero-order valence-corrected chi connectivity index (χ0v) is 14.0. The van der Waals surface area contributed by atoms with Gasteiger partial charge in [0.15, 0.2) is 10.6 Å². The lowest BCUT2D eigenvalue weighted by molar-refractivity contribution is -0.137. The largest absolute Gasteiger partial charge is 0.418 e. The zero-order chi connectivity index (χ0) is 18.3. The standard InChI is InChI=1S/C18H11F3N4S/c19-18(20,21)13-7-3-4-8-14(13)25-16(23-24-17(25)26)15-12-6-2-1-5-11(12)9-10-22-15/h1-10H,(H,24,26). The number of fused-ring (bicyclic) bond motifs is 1. The van der Waals surface area contributed by atoms with Gasteiger partial charge in [0.05, 0.1) is 11.3 Å². The number of hydrogen-bond acceptors (Lipinski definition) is 3. The molecule has 130 valence electrons. The number of nitrogens with zero attached hydrogens (tertiary/aromatic N) is 3. The smallest absolute Gasteiger partial charge is 0.266 e. The summed E-state index contributed by atoms with van der Waals surface area (Å²) in [7, 11) is 0. The molecule has 0 atom stereocenters. The van der Waals surface area contributed by atoms with Crippen LogP contribution in [0.1, 0.15) is 5.56 Å². The van der Waals surface area contributed by atoms with E-state index in [4.69, 9.17) is 12.2 Å². The minimum Gasteiger partial charge on any atom is -0.266 e. The highest BCUT2D eigenvalue weighted by Crippen LogP contribution is 2.35. The van der Waals surface area contributed by atoms with Crippen LogP contribution in [-0.2, 0) is 6.18 Å². The van der Waals surface area contributed by atoms with Crippen LogP contribution in [0.4, 0.5) is 13.2 Å². The second kappa shape index (κ2) is 6.06. The molecule has 0 radical (unpaired) electrons. The third-order valence-electron chi connectivity index (χ3n) is 4.01. The van der Waals surface area contributed by atoms with Crippen molar-refractivity contribution >= 4 is 23.0 Å². The van der Waals surface area contributed by atoms with Gasteiger partial charge in [-0.3, -0.25) is 14.6 Å². The van der Waals surface area contributed by atoms with E-state index in [0.29, 0.717) is 5.69 Å². The molecule has 0 unspecified atom stereocenters. The van der Waals surface area contributed by atoms with E-state index < -0.39 is 11.7 Å². The summed E-state index contributed by atoms with van der Waals surface area (Å²) in [4.78, 5) is 4.34. The Morgan fingerprint density at radius 2 is 1.69 bits per heavy atom. The molecule has 0 saturated carbocycles. The predicted octanol–water partition coefficient (Wildman–Crippen LogP) is 5.16. The maximum absolute atomic E-state index is 13.5. The maximum Gasteiger partial charge on any atom is 0.418 e. The normalized spacial score (nSPS) is 11.8. The van der Waals surface area contributed by atoms with Gasteiger partial charge in [0.1, 0.15) is 5.69 Å². The highest BCUT2D eigenvalue weighted by Gasteiger charge is 2.34. The third-order valence-corrected chi connectivity index (χ3v) is 4.28. The summed E-state index contributed by atoms with van der Waals surface area (Å²) in [6, 6.07) is 14.5. The van der Waals surface area contributed by atoms with Gasteiger partial charge in [0.25, 0.3) is 0 Å². The molecule has 4 rings (SSSR count). The summed E-state index contributed by atoms with van der Waals surface area (Å²) < 4.78 is 41.7. The Labute approximate surface area is 150 Å². The van der Waals surface area contributed by atoms with Crippen LogP contribution in [0.15, 0.2) is 60.8 Å². The van der Waals surface area contributed by atoms with Gasteiger partial charge in [0.2, 0.25) is 0 Å². The third kappa shape index (κ3) is 2.68. The van der Waals surface area contributed by atoms with Crippen molar-refractivity contribution in [1.82, 2.24) is 19.7 Å².